The Morgan fingerprint density at radius 3 is 2.22 bits per heavy atom. The molecule has 0 bridgehead atoms. The number of carbonyl (C=O) groups is 2. The van der Waals surface area contributed by atoms with Crippen LogP contribution in [-0.4, -0.2) is 51.9 Å². The van der Waals surface area contributed by atoms with Gasteiger partial charge in [-0.3, -0.25) is 14.5 Å². The molecular weight excluding hydrogens is 657 g/mol. The maximum Gasteiger partial charge on any atom is 0.264 e. The van der Waals surface area contributed by atoms with Crippen LogP contribution in [0.25, 0.3) is 10.8 Å². The van der Waals surface area contributed by atoms with Gasteiger partial charge in [-0.2, -0.15) is 0 Å². The molecule has 1 saturated heterocycles. The molecule has 8 nitrogen and oxygen atoms in total. The van der Waals surface area contributed by atoms with Crippen molar-refractivity contribution in [2.45, 2.75) is 50.2 Å². The summed E-state index contributed by atoms with van der Waals surface area (Å²) in [5, 5.41) is 13.5. The number of fused-ring (bicyclic) bond motifs is 2. The van der Waals surface area contributed by atoms with E-state index in [1.165, 1.54) is 5.19 Å². The van der Waals surface area contributed by atoms with Gasteiger partial charge in [0.05, 0.1) is 51.9 Å². The lowest BCUT2D eigenvalue weighted by Crippen LogP contribution is -2.51. The van der Waals surface area contributed by atoms with Crippen molar-refractivity contribution in [2.24, 2.45) is 5.92 Å². The summed E-state index contributed by atoms with van der Waals surface area (Å²) < 4.78 is 18.2. The van der Waals surface area contributed by atoms with Crippen LogP contribution >= 0.6 is 0 Å². The van der Waals surface area contributed by atoms with Gasteiger partial charge in [-0.05, 0) is 77.5 Å². The Bertz CT molecular complexity index is 2160. The predicted octanol–water partition coefficient (Wildman–Crippen LogP) is 7.29. The van der Waals surface area contributed by atoms with E-state index in [0.717, 1.165) is 44.7 Å². The van der Waals surface area contributed by atoms with Crippen LogP contribution in [0.15, 0.2) is 103 Å². The first-order valence-electron chi connectivity index (χ1n) is 17.5. The van der Waals surface area contributed by atoms with Gasteiger partial charge in [-0.25, -0.2) is 0 Å². The lowest BCUT2D eigenvalue weighted by atomic mass is 9.82. The Morgan fingerprint density at radius 1 is 0.843 bits per heavy atom. The van der Waals surface area contributed by atoms with Crippen LogP contribution in [0.3, 0.4) is 0 Å². The van der Waals surface area contributed by atoms with E-state index in [9.17, 15) is 9.90 Å². The maximum atomic E-state index is 15.0. The maximum absolute atomic E-state index is 15.0. The van der Waals surface area contributed by atoms with Gasteiger partial charge in [0.25, 0.3) is 11.8 Å². The molecule has 0 aliphatic carbocycles. The van der Waals surface area contributed by atoms with Crippen LogP contribution in [0.4, 0.5) is 17.1 Å². The van der Waals surface area contributed by atoms with Crippen molar-refractivity contribution in [3.63, 3.8) is 0 Å². The zero-order chi connectivity index (χ0) is 35.7. The number of carbonyl (C=O) groups excluding carboxylic acids is 2. The van der Waals surface area contributed by atoms with Crippen LogP contribution in [-0.2, 0) is 21.7 Å². The van der Waals surface area contributed by atoms with Crippen molar-refractivity contribution < 1.29 is 28.9 Å². The van der Waals surface area contributed by atoms with Crippen LogP contribution in [0.5, 0.6) is 11.5 Å². The van der Waals surface area contributed by atoms with Gasteiger partial charge in [0.2, 0.25) is 0 Å². The fourth-order valence-electron chi connectivity index (χ4n) is 9.08. The Kier molecular flexibility index (Phi) is 8.05. The zero-order valence-electron chi connectivity index (χ0n) is 29.6. The molecule has 0 saturated carbocycles. The number of anilines is 3. The third-order valence-corrected chi connectivity index (χ3v) is 15.9. The molecular formula is C42H42N2O6Si. The first-order valence-corrected chi connectivity index (χ1v) is 20.6. The first kappa shape index (κ1) is 33.2. The van der Waals surface area contributed by atoms with Crippen molar-refractivity contribution >= 4 is 52.9 Å². The molecule has 260 valence electrons. The number of hydrogen-bond acceptors (Lipinski definition) is 6. The van der Waals surface area contributed by atoms with Crippen molar-refractivity contribution in [3.05, 3.63) is 120 Å². The molecule has 2 amide bonds. The van der Waals surface area contributed by atoms with Crippen LogP contribution in [0, 0.1) is 5.92 Å². The molecule has 3 aliphatic heterocycles. The molecule has 1 fully saturated rings. The summed E-state index contributed by atoms with van der Waals surface area (Å²) in [7, 11) is 0.994. The van der Waals surface area contributed by atoms with E-state index >= 15 is 4.79 Å². The fraction of sp³-hybridized carbons (Fsp3) is 0.286. The highest BCUT2D eigenvalue weighted by atomic mass is 28.3. The molecule has 1 spiro atoms. The highest BCUT2D eigenvalue weighted by Gasteiger charge is 2.66. The van der Waals surface area contributed by atoms with E-state index in [2.05, 4.69) is 32.2 Å². The summed E-state index contributed by atoms with van der Waals surface area (Å²) in [6.45, 7) is 7.10. The van der Waals surface area contributed by atoms with Gasteiger partial charge >= 0.3 is 0 Å². The molecule has 51 heavy (non-hydrogen) atoms. The molecule has 0 radical (unpaired) electrons. The number of hydrogen-bond donors (Lipinski definition) is 1. The number of aliphatic hydroxyl groups is 1. The Balaban J connectivity index is 1.14. The summed E-state index contributed by atoms with van der Waals surface area (Å²) in [5.41, 5.74) is 3.67. The number of methoxy groups -OCH3 is 2. The highest BCUT2D eigenvalue weighted by molar-refractivity contribution is 6.91. The van der Waals surface area contributed by atoms with E-state index in [-0.39, 0.29) is 36.0 Å². The van der Waals surface area contributed by atoms with E-state index in [1.807, 2.05) is 95.9 Å². The molecule has 5 aromatic rings. The summed E-state index contributed by atoms with van der Waals surface area (Å²) in [5.74, 6) is 1.11. The Morgan fingerprint density at radius 2 is 1.53 bits per heavy atom. The largest absolute Gasteiger partial charge is 0.497 e. The van der Waals surface area contributed by atoms with E-state index in [0.29, 0.717) is 24.3 Å². The average molecular weight is 699 g/mol. The van der Waals surface area contributed by atoms with Gasteiger partial charge in [-0.15, -0.1) is 0 Å². The molecule has 9 heteroatoms. The molecule has 8 rings (SSSR count). The zero-order valence-corrected chi connectivity index (χ0v) is 30.6. The number of aliphatic hydroxyl groups excluding tert-OH is 1. The normalized spacial score (nSPS) is 22.4. The number of rotatable bonds is 9. The van der Waals surface area contributed by atoms with E-state index in [1.54, 1.807) is 19.1 Å². The average Bonchev–Trinajstić information content (AvgIpc) is 3.70. The van der Waals surface area contributed by atoms with Gasteiger partial charge in [-0.1, -0.05) is 73.7 Å². The lowest BCUT2D eigenvalue weighted by Gasteiger charge is -2.37. The van der Waals surface area contributed by atoms with Crippen LogP contribution in [0.2, 0.25) is 18.6 Å². The van der Waals surface area contributed by atoms with E-state index < -0.39 is 13.7 Å². The number of nitrogens with zero attached hydrogens (tertiary/aromatic N) is 2. The molecule has 3 heterocycles. The first-order chi connectivity index (χ1) is 24.6. The molecule has 0 unspecified atom stereocenters. The number of amides is 2. The topological polar surface area (TPSA) is 88.5 Å². The molecule has 1 N–H and O–H groups in total. The SMILES string of the molecule is COc1ccc([Si](C)(C)[C@@H]2[C@@H](CCO)O[C@]3(C(=O)N(Cc4ccc(N5C(=O)c6cccc7cccc5c67)cc4)c4ccc(OC)cc43)[C@H]2C)cc1. The van der Waals surface area contributed by atoms with Crippen molar-refractivity contribution in [1.82, 2.24) is 0 Å². The molecule has 4 atom stereocenters. The second-order valence-electron chi connectivity index (χ2n) is 14.4. The summed E-state index contributed by atoms with van der Waals surface area (Å²) in [4.78, 5) is 32.2. The summed E-state index contributed by atoms with van der Waals surface area (Å²) in [6, 6.07) is 33.7. The smallest absolute Gasteiger partial charge is 0.264 e. The summed E-state index contributed by atoms with van der Waals surface area (Å²) in [6.07, 6.45) is 0.118. The summed E-state index contributed by atoms with van der Waals surface area (Å²) >= 11 is 0. The van der Waals surface area contributed by atoms with Crippen molar-refractivity contribution in [2.75, 3.05) is 30.6 Å². The van der Waals surface area contributed by atoms with Crippen molar-refractivity contribution in [3.8, 4) is 11.5 Å². The van der Waals surface area contributed by atoms with Crippen LogP contribution in [0.1, 0.15) is 34.8 Å². The number of benzene rings is 5. The Hall–Kier alpha value is -4.96. The third kappa shape index (κ3) is 4.93. The van der Waals surface area contributed by atoms with Crippen molar-refractivity contribution in [1.29, 1.82) is 0 Å². The monoisotopic (exact) mass is 698 g/mol. The third-order valence-electron chi connectivity index (χ3n) is 11.5. The minimum atomic E-state index is -2.30. The molecule has 0 aromatic heterocycles. The standard InChI is InChI=1S/C42H42N2O6Si/c1-26-39(51(4,5)32-19-16-30(48-2)17-20-32)37(22-23-45)50-42(26)34-24-31(49-3)18-21-35(34)43(41(42)47)25-27-12-14-29(15-13-27)44-36-11-7-9-28-8-6-10-33(38(28)36)40(44)46/h6-21,24,26,37,39,45H,22-23,25H2,1-5H3/t26-,37+,39-,42+/m0/s1. The lowest BCUT2D eigenvalue weighted by molar-refractivity contribution is -0.146. The minimum Gasteiger partial charge on any atom is -0.497 e. The predicted molar refractivity (Wildman–Crippen MR) is 202 cm³/mol. The second kappa shape index (κ2) is 12.4. The van der Waals surface area contributed by atoms with Gasteiger partial charge in [0.15, 0.2) is 5.60 Å². The quantitative estimate of drug-likeness (QED) is 0.163. The number of ether oxygens (including phenoxy) is 3. The Labute approximate surface area is 299 Å². The minimum absolute atomic E-state index is 0.0341. The van der Waals surface area contributed by atoms with Gasteiger partial charge in [0.1, 0.15) is 11.5 Å². The fourth-order valence-corrected chi connectivity index (χ4v) is 13.1. The second-order valence-corrected chi connectivity index (χ2v) is 19.1. The molecule has 5 aromatic carbocycles. The van der Waals surface area contributed by atoms with Crippen LogP contribution < -0.4 is 24.5 Å². The molecule has 3 aliphatic rings. The van der Waals surface area contributed by atoms with Gasteiger partial charge < -0.3 is 24.2 Å². The van der Waals surface area contributed by atoms with E-state index in [4.69, 9.17) is 14.2 Å². The highest BCUT2D eigenvalue weighted by Crippen LogP contribution is 2.60. The van der Waals surface area contributed by atoms with Gasteiger partial charge in [0, 0.05) is 29.2 Å².